The molecule has 2 fully saturated rings. The molecule has 1 aliphatic carbocycles. The standard InChI is InChI=1S/C29H25ClN8O2S/c1-36-12-14-37(15-13-36)23-16-22-25(32-27(31-22)18-4-8-20(30)9-5-18)24(17-2-3-17)26(23)33-29-35-34-28(41-29)19-6-10-21(11-7-19)38(39)40/h4-11,16H,2-3,12-15H2,1H3,(H,33,35). The molecule has 1 N–H and O–H groups in total. The van der Waals surface area contributed by atoms with Crippen LogP contribution in [0.2, 0.25) is 5.02 Å². The summed E-state index contributed by atoms with van der Waals surface area (Å²) in [6.45, 7) is 3.73. The van der Waals surface area contributed by atoms with Gasteiger partial charge in [-0.3, -0.25) is 10.1 Å². The Kier molecular flexibility index (Phi) is 6.49. The third kappa shape index (κ3) is 5.08. The number of nitro groups is 1. The van der Waals surface area contributed by atoms with Crippen LogP contribution in [-0.4, -0.2) is 59.1 Å². The Morgan fingerprint density at radius 2 is 1.66 bits per heavy atom. The molecule has 0 unspecified atom stereocenters. The van der Waals surface area contributed by atoms with Crippen molar-refractivity contribution in [3.8, 4) is 10.6 Å². The fourth-order valence-corrected chi connectivity index (χ4v) is 6.00. The Morgan fingerprint density at radius 3 is 2.34 bits per heavy atom. The van der Waals surface area contributed by atoms with E-state index >= 15 is 0 Å². The van der Waals surface area contributed by atoms with Crippen LogP contribution >= 0.6 is 22.9 Å². The van der Waals surface area contributed by atoms with Gasteiger partial charge in [-0.15, -0.1) is 10.2 Å². The zero-order chi connectivity index (χ0) is 28.1. The average Bonchev–Trinajstić information content (AvgIpc) is 3.55. The Labute approximate surface area is 244 Å². The molecular formula is C29H25ClN8O2S. The lowest BCUT2D eigenvalue weighted by Crippen LogP contribution is -2.45. The van der Waals surface area contributed by atoms with E-state index in [9.17, 15) is 10.1 Å². The summed E-state index contributed by atoms with van der Waals surface area (Å²) in [6, 6.07) is 16.1. The summed E-state index contributed by atoms with van der Waals surface area (Å²) in [4.78, 5) is 25.4. The number of halogens is 1. The Balaban J connectivity index is 1.32. The van der Waals surface area contributed by atoms with Gasteiger partial charge in [0, 0.05) is 59.7 Å². The smallest absolute Gasteiger partial charge is 0.269 e. The monoisotopic (exact) mass is 584 g/mol. The van der Waals surface area contributed by atoms with Crippen molar-refractivity contribution in [2.75, 3.05) is 43.4 Å². The molecule has 1 saturated heterocycles. The van der Waals surface area contributed by atoms with Crippen molar-refractivity contribution < 1.29 is 4.92 Å². The largest absolute Gasteiger partial charge is 0.367 e. The number of aromatic nitrogens is 2. The second kappa shape index (κ2) is 10.3. The fourth-order valence-electron chi connectivity index (χ4n) is 5.12. The molecule has 0 amide bonds. The summed E-state index contributed by atoms with van der Waals surface area (Å²) >= 11 is 7.54. The van der Waals surface area contributed by atoms with Crippen LogP contribution in [0.1, 0.15) is 18.4 Å². The molecule has 0 radical (unpaired) electrons. The first-order chi connectivity index (χ1) is 19.9. The summed E-state index contributed by atoms with van der Waals surface area (Å²) in [6.07, 6.45) is 2.03. The Bertz CT molecular complexity index is 1820. The minimum absolute atomic E-state index is 0.0432. The maximum Gasteiger partial charge on any atom is 0.269 e. The number of aliphatic imine (C=N–C) groups is 1. The summed E-state index contributed by atoms with van der Waals surface area (Å²) in [5.41, 5.74) is 6.01. The first kappa shape index (κ1) is 25.8. The highest BCUT2D eigenvalue weighted by Crippen LogP contribution is 2.36. The van der Waals surface area contributed by atoms with Gasteiger partial charge in [0.1, 0.15) is 10.4 Å². The zero-order valence-electron chi connectivity index (χ0n) is 22.2. The summed E-state index contributed by atoms with van der Waals surface area (Å²) < 4.78 is 0. The number of benzene rings is 3. The summed E-state index contributed by atoms with van der Waals surface area (Å²) in [7, 11) is 2.15. The molecule has 0 atom stereocenters. The van der Waals surface area contributed by atoms with Gasteiger partial charge in [0.25, 0.3) is 5.69 Å². The molecule has 0 spiro atoms. The number of hydrogen-bond donors (Lipinski definition) is 1. The van der Waals surface area contributed by atoms with Crippen molar-refractivity contribution in [1.29, 1.82) is 0 Å². The molecular weight excluding hydrogens is 560 g/mol. The number of fused-ring (bicyclic) bond motifs is 1. The highest BCUT2D eigenvalue weighted by molar-refractivity contribution is 7.18. The van der Waals surface area contributed by atoms with Crippen molar-refractivity contribution >= 4 is 62.2 Å². The van der Waals surface area contributed by atoms with Gasteiger partial charge in [-0.25, -0.2) is 9.98 Å². The minimum Gasteiger partial charge on any atom is -0.367 e. The van der Waals surface area contributed by atoms with Gasteiger partial charge in [-0.05, 0) is 62.4 Å². The summed E-state index contributed by atoms with van der Waals surface area (Å²) in [5, 5.41) is 27.5. The van der Waals surface area contributed by atoms with E-state index in [-0.39, 0.29) is 5.69 Å². The van der Waals surface area contributed by atoms with Gasteiger partial charge in [-0.1, -0.05) is 28.5 Å². The number of piperazine rings is 1. The Morgan fingerprint density at radius 1 is 0.951 bits per heavy atom. The van der Waals surface area contributed by atoms with Crippen molar-refractivity contribution in [1.82, 2.24) is 15.1 Å². The number of nitro benzene ring substituents is 1. The Hall–Kier alpha value is -4.19. The molecule has 12 heteroatoms. The van der Waals surface area contributed by atoms with Crippen LogP contribution in [0.25, 0.3) is 16.1 Å². The van der Waals surface area contributed by atoms with E-state index in [1.807, 2.05) is 24.3 Å². The molecule has 7 rings (SSSR count). The minimum atomic E-state index is -0.408. The van der Waals surface area contributed by atoms with E-state index in [1.54, 1.807) is 12.1 Å². The molecule has 4 aromatic rings. The SMILES string of the molecule is CN1CCN(c2cc3c(c(=C4CC4)c2Nc2nnc(-c4ccc([N+](=O)[O-])cc4)s2)=NC(c2ccc(Cl)cc2)=N3)CC1. The molecule has 3 aliphatic rings. The normalized spacial score (nSPS) is 16.3. The first-order valence-corrected chi connectivity index (χ1v) is 14.5. The van der Waals surface area contributed by atoms with Gasteiger partial charge in [0.15, 0.2) is 5.84 Å². The second-order valence-electron chi connectivity index (χ2n) is 10.3. The van der Waals surface area contributed by atoms with Crippen molar-refractivity contribution in [3.63, 3.8) is 0 Å². The quantitative estimate of drug-likeness (QED) is 0.253. The maximum absolute atomic E-state index is 11.1. The number of nitrogens with zero attached hydrogens (tertiary/aromatic N) is 7. The first-order valence-electron chi connectivity index (χ1n) is 13.3. The lowest BCUT2D eigenvalue weighted by molar-refractivity contribution is -0.384. The second-order valence-corrected chi connectivity index (χ2v) is 11.7. The van der Waals surface area contributed by atoms with E-state index < -0.39 is 4.92 Å². The number of likely N-dealkylation sites (N-methyl/N-ethyl adjacent to an activating group) is 1. The van der Waals surface area contributed by atoms with Crippen LogP contribution in [0, 0.1) is 10.1 Å². The topological polar surface area (TPSA) is 112 Å². The third-order valence-corrected chi connectivity index (χ3v) is 8.62. The summed E-state index contributed by atoms with van der Waals surface area (Å²) in [5.74, 6) is 0.678. The van der Waals surface area contributed by atoms with Gasteiger partial charge in [0.05, 0.1) is 22.0 Å². The molecule has 206 valence electrons. The number of amidine groups is 1. The van der Waals surface area contributed by atoms with Gasteiger partial charge in [-0.2, -0.15) is 0 Å². The molecule has 3 heterocycles. The number of non-ortho nitro benzene ring substituents is 1. The van der Waals surface area contributed by atoms with Crippen LogP contribution < -0.4 is 20.8 Å². The van der Waals surface area contributed by atoms with E-state index in [1.165, 1.54) is 29.0 Å². The van der Waals surface area contributed by atoms with Crippen molar-refractivity contribution in [2.45, 2.75) is 12.8 Å². The van der Waals surface area contributed by atoms with Crippen molar-refractivity contribution in [3.05, 3.63) is 85.9 Å². The van der Waals surface area contributed by atoms with Crippen LogP contribution in [0.5, 0.6) is 0 Å². The lowest BCUT2D eigenvalue weighted by Gasteiger charge is -2.35. The molecule has 1 aromatic heterocycles. The zero-order valence-corrected chi connectivity index (χ0v) is 23.7. The maximum atomic E-state index is 11.1. The fraction of sp³-hybridized carbons (Fsp3) is 0.241. The van der Waals surface area contributed by atoms with Crippen LogP contribution in [0.15, 0.2) is 64.6 Å². The number of rotatable bonds is 6. The molecule has 0 bridgehead atoms. The average molecular weight is 585 g/mol. The lowest BCUT2D eigenvalue weighted by atomic mass is 10.1. The predicted molar refractivity (Wildman–Crippen MR) is 163 cm³/mol. The number of hydrogen-bond acceptors (Lipinski definition) is 10. The third-order valence-electron chi connectivity index (χ3n) is 7.49. The van der Waals surface area contributed by atoms with E-state index in [2.05, 4.69) is 38.4 Å². The van der Waals surface area contributed by atoms with E-state index in [4.69, 9.17) is 21.6 Å². The molecule has 3 aromatic carbocycles. The van der Waals surface area contributed by atoms with Gasteiger partial charge in [0.2, 0.25) is 5.13 Å². The highest BCUT2D eigenvalue weighted by atomic mass is 35.5. The van der Waals surface area contributed by atoms with E-state index in [0.29, 0.717) is 21.0 Å². The molecule has 1 saturated carbocycles. The molecule has 2 aliphatic heterocycles. The number of nitrogens with one attached hydrogen (secondary N) is 1. The van der Waals surface area contributed by atoms with Gasteiger partial charge >= 0.3 is 0 Å². The molecule has 10 nitrogen and oxygen atoms in total. The van der Waals surface area contributed by atoms with E-state index in [0.717, 1.165) is 77.8 Å². The number of anilines is 3. The highest BCUT2D eigenvalue weighted by Gasteiger charge is 2.27. The van der Waals surface area contributed by atoms with Crippen LogP contribution in [-0.2, 0) is 0 Å². The predicted octanol–water partition coefficient (Wildman–Crippen LogP) is 4.92. The van der Waals surface area contributed by atoms with Gasteiger partial charge < -0.3 is 15.1 Å². The van der Waals surface area contributed by atoms with Crippen LogP contribution in [0.3, 0.4) is 0 Å². The van der Waals surface area contributed by atoms with Crippen LogP contribution in [0.4, 0.5) is 27.9 Å². The van der Waals surface area contributed by atoms with Crippen molar-refractivity contribution in [2.24, 2.45) is 9.98 Å². The molecule has 41 heavy (non-hydrogen) atoms.